The zero-order chi connectivity index (χ0) is 11.8. The molecular formula is C13H10N2SSe. The van der Waals surface area contributed by atoms with Gasteiger partial charge in [-0.2, -0.15) is 0 Å². The third-order valence-corrected chi connectivity index (χ3v) is 5.62. The van der Waals surface area contributed by atoms with Crippen LogP contribution in [0.2, 0.25) is 0 Å². The van der Waals surface area contributed by atoms with Gasteiger partial charge in [-0.1, -0.05) is 0 Å². The van der Waals surface area contributed by atoms with E-state index >= 15 is 0 Å². The molecule has 0 atom stereocenters. The average molecular weight is 305 g/mol. The van der Waals surface area contributed by atoms with Crippen molar-refractivity contribution in [2.24, 2.45) is 0 Å². The Labute approximate surface area is 111 Å². The summed E-state index contributed by atoms with van der Waals surface area (Å²) in [6.07, 6.45) is 1.82. The van der Waals surface area contributed by atoms with E-state index < -0.39 is 0 Å². The zero-order valence-corrected chi connectivity index (χ0v) is 11.8. The zero-order valence-electron chi connectivity index (χ0n) is 9.25. The van der Waals surface area contributed by atoms with Crippen LogP contribution in [0.3, 0.4) is 0 Å². The van der Waals surface area contributed by atoms with E-state index in [1.807, 2.05) is 18.3 Å². The van der Waals surface area contributed by atoms with Crippen LogP contribution in [0.4, 0.5) is 0 Å². The van der Waals surface area contributed by atoms with Crippen LogP contribution >= 0.6 is 12.2 Å². The molecule has 0 N–H and O–H groups in total. The van der Waals surface area contributed by atoms with Crippen LogP contribution in [0, 0.1) is 11.6 Å². The summed E-state index contributed by atoms with van der Waals surface area (Å²) in [5.74, 6) is 0.994. The Morgan fingerprint density at radius 3 is 2.76 bits per heavy atom. The predicted molar refractivity (Wildman–Crippen MR) is 73.6 cm³/mol. The number of benzene rings is 1. The molecule has 3 rings (SSSR count). The van der Waals surface area contributed by atoms with E-state index in [0.717, 1.165) is 10.5 Å². The Morgan fingerprint density at radius 2 is 2.00 bits per heavy atom. The minimum atomic E-state index is 0.215. The molecule has 0 saturated heterocycles. The van der Waals surface area contributed by atoms with E-state index in [9.17, 15) is 0 Å². The molecule has 0 spiro atoms. The van der Waals surface area contributed by atoms with Gasteiger partial charge in [-0.25, -0.2) is 0 Å². The quantitative estimate of drug-likeness (QED) is 0.508. The molecule has 0 saturated carbocycles. The van der Waals surface area contributed by atoms with Crippen molar-refractivity contribution in [1.29, 1.82) is 0 Å². The van der Waals surface area contributed by atoms with Gasteiger partial charge >= 0.3 is 111 Å². The summed E-state index contributed by atoms with van der Waals surface area (Å²) >= 11 is 5.75. The number of aryl methyl sites for hydroxylation is 1. The molecule has 84 valence electrons. The molecule has 0 aliphatic rings. The number of nitrogens with zero attached hydrogens (tertiary/aromatic N) is 2. The standard InChI is InChI=1S/C13H10N2SSe/c1-9-5-4-8-14-12(9)15-13(16)10-6-2-3-7-11(10)17-15/h2-8H,1H3. The van der Waals surface area contributed by atoms with Crippen molar-refractivity contribution >= 4 is 36.6 Å². The Kier molecular flexibility index (Phi) is 2.71. The molecule has 0 bridgehead atoms. The third kappa shape index (κ3) is 1.78. The van der Waals surface area contributed by atoms with Crippen molar-refractivity contribution in [3.05, 3.63) is 52.8 Å². The summed E-state index contributed by atoms with van der Waals surface area (Å²) in [5.41, 5.74) is 1.17. The molecule has 17 heavy (non-hydrogen) atoms. The molecule has 0 radical (unpaired) electrons. The van der Waals surface area contributed by atoms with E-state index in [1.165, 1.54) is 15.2 Å². The molecule has 0 amide bonds. The molecular weight excluding hydrogens is 295 g/mol. The molecule has 4 heteroatoms. The summed E-state index contributed by atoms with van der Waals surface area (Å²) in [7, 11) is 0. The average Bonchev–Trinajstić information content (AvgIpc) is 2.68. The van der Waals surface area contributed by atoms with E-state index in [1.54, 1.807) is 0 Å². The van der Waals surface area contributed by atoms with Crippen LogP contribution in [0.5, 0.6) is 0 Å². The van der Waals surface area contributed by atoms with Crippen LogP contribution < -0.4 is 0 Å². The van der Waals surface area contributed by atoms with Crippen molar-refractivity contribution in [2.75, 3.05) is 0 Å². The summed E-state index contributed by atoms with van der Waals surface area (Å²) in [5, 5.41) is 1.19. The van der Waals surface area contributed by atoms with E-state index in [-0.39, 0.29) is 14.7 Å². The van der Waals surface area contributed by atoms with E-state index in [4.69, 9.17) is 12.2 Å². The number of aromatic nitrogens is 2. The molecule has 2 heterocycles. The summed E-state index contributed by atoms with van der Waals surface area (Å²) in [4.78, 5) is 4.45. The van der Waals surface area contributed by atoms with Crippen molar-refractivity contribution < 1.29 is 0 Å². The molecule has 1 aromatic carbocycles. The van der Waals surface area contributed by atoms with Gasteiger partial charge in [0.05, 0.1) is 0 Å². The van der Waals surface area contributed by atoms with Gasteiger partial charge < -0.3 is 0 Å². The Bertz CT molecular complexity index is 742. The maximum atomic E-state index is 5.54. The van der Waals surface area contributed by atoms with Crippen molar-refractivity contribution in [3.8, 4) is 5.82 Å². The maximum absolute atomic E-state index is 5.54. The first-order valence-corrected chi connectivity index (χ1v) is 7.33. The first-order valence-electron chi connectivity index (χ1n) is 5.30. The minimum absolute atomic E-state index is 0.215. The monoisotopic (exact) mass is 306 g/mol. The van der Waals surface area contributed by atoms with Crippen molar-refractivity contribution in [3.63, 3.8) is 0 Å². The fourth-order valence-electron chi connectivity index (χ4n) is 1.80. The van der Waals surface area contributed by atoms with Gasteiger partial charge in [0, 0.05) is 0 Å². The summed E-state index contributed by atoms with van der Waals surface area (Å²) in [6, 6.07) is 12.4. The fraction of sp³-hybridized carbons (Fsp3) is 0.0769. The van der Waals surface area contributed by atoms with Gasteiger partial charge in [-0.3, -0.25) is 0 Å². The first kappa shape index (κ1) is 10.9. The molecule has 2 aromatic heterocycles. The van der Waals surface area contributed by atoms with Crippen LogP contribution in [0.1, 0.15) is 5.56 Å². The second kappa shape index (κ2) is 4.22. The molecule has 0 aliphatic heterocycles. The van der Waals surface area contributed by atoms with Gasteiger partial charge in [-0.15, -0.1) is 0 Å². The van der Waals surface area contributed by atoms with Crippen molar-refractivity contribution in [2.45, 2.75) is 6.92 Å². The summed E-state index contributed by atoms with van der Waals surface area (Å²) < 4.78 is 4.42. The number of hydrogen-bond donors (Lipinski definition) is 0. The second-order valence-corrected chi connectivity index (χ2v) is 6.29. The van der Waals surface area contributed by atoms with E-state index in [2.05, 4.69) is 39.7 Å². The Balaban J connectivity index is 2.36. The number of hydrogen-bond acceptors (Lipinski definition) is 2. The van der Waals surface area contributed by atoms with Gasteiger partial charge in [0.25, 0.3) is 0 Å². The van der Waals surface area contributed by atoms with Gasteiger partial charge in [0.15, 0.2) is 0 Å². The van der Waals surface area contributed by atoms with Crippen LogP contribution in [-0.4, -0.2) is 23.3 Å². The second-order valence-electron chi connectivity index (χ2n) is 3.83. The van der Waals surface area contributed by atoms with Gasteiger partial charge in [0.2, 0.25) is 0 Å². The number of fused-ring (bicyclic) bond motifs is 1. The van der Waals surface area contributed by atoms with Crippen molar-refractivity contribution in [1.82, 2.24) is 8.55 Å². The number of pyridine rings is 1. The van der Waals surface area contributed by atoms with Gasteiger partial charge in [-0.05, 0) is 0 Å². The van der Waals surface area contributed by atoms with Crippen LogP contribution in [0.15, 0.2) is 42.6 Å². The molecule has 3 aromatic rings. The predicted octanol–water partition coefficient (Wildman–Crippen LogP) is 3.12. The van der Waals surface area contributed by atoms with Gasteiger partial charge in [0.1, 0.15) is 0 Å². The normalized spacial score (nSPS) is 10.9. The van der Waals surface area contributed by atoms with E-state index in [0.29, 0.717) is 0 Å². The Hall–Kier alpha value is -1.22. The first-order chi connectivity index (χ1) is 8.27. The molecule has 0 aliphatic carbocycles. The topological polar surface area (TPSA) is 17.8 Å². The summed E-state index contributed by atoms with van der Waals surface area (Å²) in [6.45, 7) is 2.07. The van der Waals surface area contributed by atoms with Crippen LogP contribution in [-0.2, 0) is 0 Å². The Morgan fingerprint density at radius 1 is 1.18 bits per heavy atom. The molecule has 0 unspecified atom stereocenters. The third-order valence-electron chi connectivity index (χ3n) is 2.67. The fourth-order valence-corrected chi connectivity index (χ4v) is 4.63. The molecule has 0 fully saturated rings. The molecule has 2 nitrogen and oxygen atoms in total. The van der Waals surface area contributed by atoms with Crippen LogP contribution in [0.25, 0.3) is 15.5 Å². The number of rotatable bonds is 1. The SMILES string of the molecule is Cc1cccnc1-n1[se]c2ccccc2c1=S.